The van der Waals surface area contributed by atoms with Gasteiger partial charge in [0, 0.05) is 25.0 Å². The standard InChI is InChI=1S/C8H14N2O4S2/c1-5(11)10-6(4-16)7(12)14-8(13)9-2-3-15/h6,15-16H,2-4H2,1H3,(H,9,13)(H,10,11)/t6-/m1/s1. The first kappa shape index (κ1) is 15.1. The van der Waals surface area contributed by atoms with Crippen molar-refractivity contribution in [3.8, 4) is 0 Å². The maximum atomic E-state index is 11.3. The van der Waals surface area contributed by atoms with E-state index in [0.29, 0.717) is 12.3 Å². The molecule has 0 aromatic rings. The molecule has 0 rings (SSSR count). The fraction of sp³-hybridized carbons (Fsp3) is 0.625. The quantitative estimate of drug-likeness (QED) is 0.310. The molecule has 0 saturated heterocycles. The number of hydrogen-bond acceptors (Lipinski definition) is 6. The van der Waals surface area contributed by atoms with Gasteiger partial charge in [0.2, 0.25) is 5.91 Å². The summed E-state index contributed by atoms with van der Waals surface area (Å²) in [5.41, 5.74) is 0. The van der Waals surface area contributed by atoms with E-state index in [0.717, 1.165) is 0 Å². The highest BCUT2D eigenvalue weighted by atomic mass is 32.1. The number of alkyl carbamates (subject to hydrolysis) is 1. The topological polar surface area (TPSA) is 84.5 Å². The van der Waals surface area contributed by atoms with Gasteiger partial charge >= 0.3 is 12.1 Å². The van der Waals surface area contributed by atoms with E-state index >= 15 is 0 Å². The van der Waals surface area contributed by atoms with Crippen molar-refractivity contribution in [2.75, 3.05) is 18.1 Å². The van der Waals surface area contributed by atoms with E-state index in [1.165, 1.54) is 6.92 Å². The summed E-state index contributed by atoms with van der Waals surface area (Å²) in [7, 11) is 0. The minimum absolute atomic E-state index is 0.0538. The third-order valence-corrected chi connectivity index (χ3v) is 2.01. The summed E-state index contributed by atoms with van der Waals surface area (Å²) in [5.74, 6) is -0.753. The monoisotopic (exact) mass is 266 g/mol. The second-order valence-electron chi connectivity index (χ2n) is 2.79. The van der Waals surface area contributed by atoms with Crippen molar-refractivity contribution in [2.45, 2.75) is 13.0 Å². The molecule has 0 bridgehead atoms. The maximum Gasteiger partial charge on any atom is 0.414 e. The van der Waals surface area contributed by atoms with E-state index in [2.05, 4.69) is 40.6 Å². The van der Waals surface area contributed by atoms with Gasteiger partial charge in [0.05, 0.1) is 0 Å². The van der Waals surface area contributed by atoms with Gasteiger partial charge in [-0.2, -0.15) is 25.3 Å². The minimum atomic E-state index is -0.928. The molecule has 8 heteroatoms. The lowest BCUT2D eigenvalue weighted by atomic mass is 10.3. The van der Waals surface area contributed by atoms with E-state index in [-0.39, 0.29) is 5.75 Å². The first-order chi connectivity index (χ1) is 7.51. The van der Waals surface area contributed by atoms with E-state index in [1.54, 1.807) is 0 Å². The largest absolute Gasteiger partial charge is 0.414 e. The first-order valence-electron chi connectivity index (χ1n) is 4.49. The SMILES string of the molecule is CC(=O)N[C@H](CS)C(=O)OC(=O)NCCS. The molecule has 2 amide bonds. The van der Waals surface area contributed by atoms with Crippen LogP contribution >= 0.6 is 25.3 Å². The number of carbonyl (C=O) groups excluding carboxylic acids is 3. The maximum absolute atomic E-state index is 11.3. The molecule has 0 aromatic heterocycles. The normalized spacial score (nSPS) is 11.4. The number of thiol groups is 2. The molecule has 0 saturated carbocycles. The lowest BCUT2D eigenvalue weighted by molar-refractivity contribution is -0.141. The lowest BCUT2D eigenvalue weighted by Gasteiger charge is -2.13. The predicted octanol–water partition coefficient (Wildman–Crippen LogP) is -0.397. The third-order valence-electron chi connectivity index (χ3n) is 1.42. The van der Waals surface area contributed by atoms with E-state index < -0.39 is 24.0 Å². The van der Waals surface area contributed by atoms with Gasteiger partial charge in [-0.05, 0) is 0 Å². The van der Waals surface area contributed by atoms with Crippen molar-refractivity contribution in [1.29, 1.82) is 0 Å². The molecule has 0 spiro atoms. The van der Waals surface area contributed by atoms with Crippen molar-refractivity contribution in [3.05, 3.63) is 0 Å². The fourth-order valence-electron chi connectivity index (χ4n) is 0.781. The smallest absolute Gasteiger partial charge is 0.375 e. The molecule has 0 fully saturated rings. The molecule has 16 heavy (non-hydrogen) atoms. The van der Waals surface area contributed by atoms with Gasteiger partial charge in [-0.25, -0.2) is 9.59 Å². The number of rotatable bonds is 5. The van der Waals surface area contributed by atoms with Crippen molar-refractivity contribution >= 4 is 43.2 Å². The Hall–Kier alpha value is -0.890. The first-order valence-corrected chi connectivity index (χ1v) is 5.76. The molecular weight excluding hydrogens is 252 g/mol. The Morgan fingerprint density at radius 3 is 2.38 bits per heavy atom. The molecule has 0 aliphatic heterocycles. The molecular formula is C8H14N2O4S2. The molecule has 1 atom stereocenters. The van der Waals surface area contributed by atoms with E-state index in [9.17, 15) is 14.4 Å². The zero-order valence-electron chi connectivity index (χ0n) is 8.73. The van der Waals surface area contributed by atoms with Gasteiger partial charge in [-0.15, -0.1) is 0 Å². The Morgan fingerprint density at radius 1 is 1.31 bits per heavy atom. The molecule has 0 aromatic carbocycles. The second-order valence-corrected chi connectivity index (χ2v) is 3.61. The van der Waals surface area contributed by atoms with Crippen molar-refractivity contribution in [2.24, 2.45) is 0 Å². The molecule has 92 valence electrons. The Labute approximate surface area is 104 Å². The molecule has 0 radical (unpaired) electrons. The van der Waals surface area contributed by atoms with Crippen LogP contribution in [0.1, 0.15) is 6.92 Å². The minimum Gasteiger partial charge on any atom is -0.375 e. The number of esters is 1. The van der Waals surface area contributed by atoms with Crippen LogP contribution in [0.5, 0.6) is 0 Å². The molecule has 0 heterocycles. The number of hydrogen-bond donors (Lipinski definition) is 4. The van der Waals surface area contributed by atoms with Crippen LogP contribution in [0, 0.1) is 0 Å². The summed E-state index contributed by atoms with van der Waals surface area (Å²) in [6.07, 6.45) is -0.865. The molecule has 0 aliphatic carbocycles. The Balaban J connectivity index is 4.10. The zero-order valence-corrected chi connectivity index (χ0v) is 10.5. The van der Waals surface area contributed by atoms with Crippen molar-refractivity contribution < 1.29 is 19.1 Å². The highest BCUT2D eigenvalue weighted by Crippen LogP contribution is 1.93. The van der Waals surface area contributed by atoms with Crippen LogP contribution in [-0.4, -0.2) is 42.1 Å². The van der Waals surface area contributed by atoms with Crippen LogP contribution in [0.15, 0.2) is 0 Å². The summed E-state index contributed by atoms with van der Waals surface area (Å²) in [5, 5.41) is 4.61. The van der Waals surface area contributed by atoms with Crippen LogP contribution in [0.2, 0.25) is 0 Å². The van der Waals surface area contributed by atoms with Gasteiger partial charge in [0.25, 0.3) is 0 Å². The molecule has 6 nitrogen and oxygen atoms in total. The molecule has 0 aliphatic rings. The Kier molecular flexibility index (Phi) is 7.82. The second kappa shape index (κ2) is 8.28. The van der Waals surface area contributed by atoms with Crippen LogP contribution in [-0.2, 0) is 14.3 Å². The number of nitrogens with one attached hydrogen (secondary N) is 2. The Morgan fingerprint density at radius 2 is 1.94 bits per heavy atom. The highest BCUT2D eigenvalue weighted by molar-refractivity contribution is 7.80. The van der Waals surface area contributed by atoms with Gasteiger partial charge in [-0.3, -0.25) is 4.79 Å². The summed E-state index contributed by atoms with van der Waals surface area (Å²) in [6.45, 7) is 1.55. The van der Waals surface area contributed by atoms with Crippen LogP contribution in [0.25, 0.3) is 0 Å². The van der Waals surface area contributed by atoms with E-state index in [4.69, 9.17) is 0 Å². The van der Waals surface area contributed by atoms with Gasteiger partial charge in [0.1, 0.15) is 6.04 Å². The molecule has 0 unspecified atom stereocenters. The summed E-state index contributed by atoms with van der Waals surface area (Å²) in [6, 6.07) is -0.928. The predicted molar refractivity (Wildman–Crippen MR) is 64.8 cm³/mol. The van der Waals surface area contributed by atoms with Gasteiger partial charge in [0.15, 0.2) is 0 Å². The van der Waals surface area contributed by atoms with Gasteiger partial charge in [-0.1, -0.05) is 0 Å². The number of ether oxygens (including phenoxy) is 1. The Bertz CT molecular complexity index is 273. The van der Waals surface area contributed by atoms with Crippen molar-refractivity contribution in [1.82, 2.24) is 10.6 Å². The summed E-state index contributed by atoms with van der Waals surface area (Å²) >= 11 is 7.73. The highest BCUT2D eigenvalue weighted by Gasteiger charge is 2.21. The average Bonchev–Trinajstić information content (AvgIpc) is 2.22. The lowest BCUT2D eigenvalue weighted by Crippen LogP contribution is -2.44. The fourth-order valence-corrected chi connectivity index (χ4v) is 1.13. The summed E-state index contributed by atoms with van der Waals surface area (Å²) < 4.78 is 4.42. The van der Waals surface area contributed by atoms with E-state index in [1.807, 2.05) is 0 Å². The third kappa shape index (κ3) is 6.57. The summed E-state index contributed by atoms with van der Waals surface area (Å²) in [4.78, 5) is 33.0. The average molecular weight is 266 g/mol. The number of carbonyl (C=O) groups is 3. The zero-order chi connectivity index (χ0) is 12.6. The number of amides is 2. The van der Waals surface area contributed by atoms with Crippen LogP contribution < -0.4 is 10.6 Å². The molecule has 2 N–H and O–H groups in total. The van der Waals surface area contributed by atoms with Crippen LogP contribution in [0.4, 0.5) is 4.79 Å². The van der Waals surface area contributed by atoms with Crippen LogP contribution in [0.3, 0.4) is 0 Å². The van der Waals surface area contributed by atoms with Gasteiger partial charge < -0.3 is 15.4 Å². The van der Waals surface area contributed by atoms with Crippen molar-refractivity contribution in [3.63, 3.8) is 0 Å².